The molecule has 0 bridgehead atoms. The van der Waals surface area contributed by atoms with Crippen LogP contribution in [0.5, 0.6) is 11.5 Å². The van der Waals surface area contributed by atoms with Crippen molar-refractivity contribution in [3.8, 4) is 11.5 Å². The Morgan fingerprint density at radius 2 is 1.96 bits per heavy atom. The van der Waals surface area contributed by atoms with E-state index in [0.717, 1.165) is 42.1 Å². The first kappa shape index (κ1) is 18.3. The molecule has 5 nitrogen and oxygen atoms in total. The molecule has 1 amide bonds. The van der Waals surface area contributed by atoms with Crippen LogP contribution in [0.2, 0.25) is 0 Å². The van der Waals surface area contributed by atoms with Crippen LogP contribution in [-0.2, 0) is 9.53 Å². The van der Waals surface area contributed by atoms with Gasteiger partial charge in [0.1, 0.15) is 18.1 Å². The van der Waals surface area contributed by atoms with Crippen molar-refractivity contribution in [2.24, 2.45) is 0 Å². The van der Waals surface area contributed by atoms with Gasteiger partial charge in [0.2, 0.25) is 0 Å². The minimum absolute atomic E-state index is 0.0262. The molecule has 0 spiro atoms. The molecule has 3 rings (SSSR count). The number of benzene rings is 2. The molecule has 0 aromatic heterocycles. The molecule has 1 heterocycles. The van der Waals surface area contributed by atoms with Crippen LogP contribution in [0.1, 0.15) is 24.0 Å². The molecule has 2 aromatic carbocycles. The highest BCUT2D eigenvalue weighted by Crippen LogP contribution is 2.21. The van der Waals surface area contributed by atoms with Gasteiger partial charge in [-0.15, -0.1) is 0 Å². The largest absolute Gasteiger partial charge is 0.491 e. The van der Waals surface area contributed by atoms with Crippen molar-refractivity contribution in [3.05, 3.63) is 53.6 Å². The Bertz CT molecular complexity index is 736. The SMILES string of the molecule is Cc1cccc(OCC(=O)Nc2ccc(OC[C@H]3CCCO3)cc2)c1C. The zero-order valence-electron chi connectivity index (χ0n) is 15.3. The summed E-state index contributed by atoms with van der Waals surface area (Å²) in [5.74, 6) is 1.31. The van der Waals surface area contributed by atoms with E-state index in [1.165, 1.54) is 0 Å². The standard InChI is InChI=1S/C21H25NO4/c1-15-5-3-7-20(16(15)2)26-14-21(23)22-17-8-10-18(11-9-17)25-13-19-6-4-12-24-19/h3,5,7-11,19H,4,6,12-14H2,1-2H3,(H,22,23)/t19-/m1/s1. The van der Waals surface area contributed by atoms with Gasteiger partial charge in [0.25, 0.3) is 5.91 Å². The summed E-state index contributed by atoms with van der Waals surface area (Å²) in [6, 6.07) is 13.1. The van der Waals surface area contributed by atoms with Crippen molar-refractivity contribution in [3.63, 3.8) is 0 Å². The molecule has 0 saturated carbocycles. The van der Waals surface area contributed by atoms with Crippen LogP contribution < -0.4 is 14.8 Å². The summed E-state index contributed by atoms with van der Waals surface area (Å²) in [4.78, 5) is 12.1. The van der Waals surface area contributed by atoms with Crippen LogP contribution in [0, 0.1) is 13.8 Å². The molecule has 1 atom stereocenters. The van der Waals surface area contributed by atoms with Crippen LogP contribution in [0.4, 0.5) is 5.69 Å². The lowest BCUT2D eigenvalue weighted by Crippen LogP contribution is -2.20. The van der Waals surface area contributed by atoms with Gasteiger partial charge in [-0.3, -0.25) is 4.79 Å². The number of nitrogens with one attached hydrogen (secondary N) is 1. The van der Waals surface area contributed by atoms with E-state index < -0.39 is 0 Å². The van der Waals surface area contributed by atoms with Gasteiger partial charge in [0.15, 0.2) is 6.61 Å². The Morgan fingerprint density at radius 1 is 1.15 bits per heavy atom. The third-order valence-corrected chi connectivity index (χ3v) is 4.51. The van der Waals surface area contributed by atoms with Crippen LogP contribution in [0.15, 0.2) is 42.5 Å². The number of carbonyl (C=O) groups excluding carboxylic acids is 1. The average Bonchev–Trinajstić information content (AvgIpc) is 3.16. The summed E-state index contributed by atoms with van der Waals surface area (Å²) in [5.41, 5.74) is 2.90. The van der Waals surface area contributed by atoms with Crippen molar-refractivity contribution in [1.82, 2.24) is 0 Å². The maximum absolute atomic E-state index is 12.1. The average molecular weight is 355 g/mol. The smallest absolute Gasteiger partial charge is 0.262 e. The van der Waals surface area contributed by atoms with Gasteiger partial charge < -0.3 is 19.5 Å². The Morgan fingerprint density at radius 3 is 2.69 bits per heavy atom. The number of hydrogen-bond donors (Lipinski definition) is 1. The molecule has 1 aliphatic heterocycles. The molecular formula is C21H25NO4. The number of anilines is 1. The van der Waals surface area contributed by atoms with E-state index >= 15 is 0 Å². The second-order valence-corrected chi connectivity index (χ2v) is 6.51. The van der Waals surface area contributed by atoms with Gasteiger partial charge in [-0.2, -0.15) is 0 Å². The summed E-state index contributed by atoms with van der Waals surface area (Å²) in [6.07, 6.45) is 2.34. The number of amides is 1. The van der Waals surface area contributed by atoms with Crippen LogP contribution in [0.3, 0.4) is 0 Å². The summed E-state index contributed by atoms with van der Waals surface area (Å²) < 4.78 is 16.9. The molecule has 0 aliphatic carbocycles. The van der Waals surface area contributed by atoms with Crippen LogP contribution in [-0.4, -0.2) is 31.8 Å². The van der Waals surface area contributed by atoms with E-state index in [4.69, 9.17) is 14.2 Å². The van der Waals surface area contributed by atoms with Crippen molar-refractivity contribution in [2.75, 3.05) is 25.1 Å². The Labute approximate surface area is 154 Å². The van der Waals surface area contributed by atoms with Crippen molar-refractivity contribution < 1.29 is 19.0 Å². The molecule has 138 valence electrons. The third-order valence-electron chi connectivity index (χ3n) is 4.51. The van der Waals surface area contributed by atoms with E-state index in [0.29, 0.717) is 12.3 Å². The number of hydrogen-bond acceptors (Lipinski definition) is 4. The molecule has 0 unspecified atom stereocenters. The zero-order valence-corrected chi connectivity index (χ0v) is 15.3. The molecule has 26 heavy (non-hydrogen) atoms. The first-order valence-corrected chi connectivity index (χ1v) is 8.95. The molecule has 1 N–H and O–H groups in total. The fraction of sp³-hybridized carbons (Fsp3) is 0.381. The predicted molar refractivity (Wildman–Crippen MR) is 101 cm³/mol. The summed E-state index contributed by atoms with van der Waals surface area (Å²) in [5, 5.41) is 2.83. The number of carbonyl (C=O) groups is 1. The fourth-order valence-electron chi connectivity index (χ4n) is 2.82. The fourth-order valence-corrected chi connectivity index (χ4v) is 2.82. The molecule has 1 fully saturated rings. The number of rotatable bonds is 7. The monoisotopic (exact) mass is 355 g/mol. The maximum Gasteiger partial charge on any atom is 0.262 e. The van der Waals surface area contributed by atoms with Crippen LogP contribution in [0.25, 0.3) is 0 Å². The quantitative estimate of drug-likeness (QED) is 0.819. The summed E-state index contributed by atoms with van der Waals surface area (Å²) in [6.45, 7) is 5.36. The highest BCUT2D eigenvalue weighted by atomic mass is 16.5. The Balaban J connectivity index is 1.45. The van der Waals surface area contributed by atoms with Gasteiger partial charge in [0, 0.05) is 12.3 Å². The van der Waals surface area contributed by atoms with E-state index in [-0.39, 0.29) is 18.6 Å². The summed E-state index contributed by atoms with van der Waals surface area (Å²) >= 11 is 0. The van der Waals surface area contributed by atoms with Crippen LogP contribution >= 0.6 is 0 Å². The highest BCUT2D eigenvalue weighted by Gasteiger charge is 2.16. The highest BCUT2D eigenvalue weighted by molar-refractivity contribution is 5.91. The first-order valence-electron chi connectivity index (χ1n) is 8.95. The first-order chi connectivity index (χ1) is 12.6. The lowest BCUT2D eigenvalue weighted by atomic mass is 10.1. The van der Waals surface area contributed by atoms with Gasteiger partial charge in [-0.05, 0) is 68.1 Å². The van der Waals surface area contributed by atoms with E-state index in [9.17, 15) is 4.79 Å². The maximum atomic E-state index is 12.1. The topological polar surface area (TPSA) is 56.8 Å². The van der Waals surface area contributed by atoms with Gasteiger partial charge in [-0.25, -0.2) is 0 Å². The lowest BCUT2D eigenvalue weighted by Gasteiger charge is -2.13. The minimum atomic E-state index is -0.195. The third kappa shape index (κ3) is 4.99. The van der Waals surface area contributed by atoms with Gasteiger partial charge in [-0.1, -0.05) is 12.1 Å². The molecule has 1 saturated heterocycles. The van der Waals surface area contributed by atoms with Gasteiger partial charge >= 0.3 is 0 Å². The lowest BCUT2D eigenvalue weighted by molar-refractivity contribution is -0.118. The van der Waals surface area contributed by atoms with E-state index in [1.807, 2.05) is 56.3 Å². The van der Waals surface area contributed by atoms with Crippen molar-refractivity contribution in [1.29, 1.82) is 0 Å². The molecule has 5 heteroatoms. The van der Waals surface area contributed by atoms with E-state index in [1.54, 1.807) is 0 Å². The van der Waals surface area contributed by atoms with E-state index in [2.05, 4.69) is 5.32 Å². The van der Waals surface area contributed by atoms with Gasteiger partial charge in [0.05, 0.1) is 6.10 Å². The molecule has 0 radical (unpaired) electrons. The van der Waals surface area contributed by atoms with Crippen molar-refractivity contribution in [2.45, 2.75) is 32.8 Å². The predicted octanol–water partition coefficient (Wildman–Crippen LogP) is 3.88. The molecule has 2 aromatic rings. The van der Waals surface area contributed by atoms with Crippen molar-refractivity contribution >= 4 is 11.6 Å². The molecular weight excluding hydrogens is 330 g/mol. The number of aryl methyl sites for hydroxylation is 1. The second-order valence-electron chi connectivity index (χ2n) is 6.51. The number of ether oxygens (including phenoxy) is 3. The Kier molecular flexibility index (Phi) is 6.12. The normalized spacial score (nSPS) is 16.3. The minimum Gasteiger partial charge on any atom is -0.491 e. The summed E-state index contributed by atoms with van der Waals surface area (Å²) in [7, 11) is 0. The second kappa shape index (κ2) is 8.72. The molecule has 1 aliphatic rings. The zero-order chi connectivity index (χ0) is 18.4. The Hall–Kier alpha value is -2.53.